The molecule has 1 fully saturated rings. The number of carbonyl (C=O) groups is 2. The number of amides is 2. The zero-order valence-electron chi connectivity index (χ0n) is 15.5. The number of rotatable bonds is 2. The molecule has 6 nitrogen and oxygen atoms in total. The van der Waals surface area contributed by atoms with Crippen LogP contribution in [0.4, 0.5) is 10.5 Å². The highest BCUT2D eigenvalue weighted by molar-refractivity contribution is 6.01. The summed E-state index contributed by atoms with van der Waals surface area (Å²) in [6.45, 7) is 6.51. The van der Waals surface area contributed by atoms with Gasteiger partial charge in [0.15, 0.2) is 0 Å². The first-order chi connectivity index (χ1) is 12.3. The largest absolute Gasteiger partial charge is 0.444 e. The first-order valence-electron chi connectivity index (χ1n) is 8.96. The third-order valence-corrected chi connectivity index (χ3v) is 4.33. The first kappa shape index (κ1) is 18.2. The quantitative estimate of drug-likeness (QED) is 0.889. The summed E-state index contributed by atoms with van der Waals surface area (Å²) in [6.07, 6.45) is 2.89. The molecule has 0 saturated carbocycles. The maximum absolute atomic E-state index is 12.7. The lowest BCUT2D eigenvalue weighted by Gasteiger charge is -2.33. The summed E-state index contributed by atoms with van der Waals surface area (Å²) in [4.78, 5) is 31.0. The predicted molar refractivity (Wildman–Crippen MR) is 101 cm³/mol. The number of likely N-dealkylation sites (tertiary alicyclic amines) is 1. The van der Waals surface area contributed by atoms with Gasteiger partial charge in [-0.2, -0.15) is 0 Å². The van der Waals surface area contributed by atoms with Crippen LogP contribution in [0.25, 0.3) is 10.9 Å². The van der Waals surface area contributed by atoms with Gasteiger partial charge >= 0.3 is 6.09 Å². The number of nitrogens with one attached hydrogen (secondary N) is 1. The van der Waals surface area contributed by atoms with Crippen LogP contribution in [0.2, 0.25) is 0 Å². The Bertz CT molecular complexity index is 808. The number of nitrogens with zero attached hydrogens (tertiary/aromatic N) is 2. The zero-order chi connectivity index (χ0) is 18.7. The van der Waals surface area contributed by atoms with Crippen LogP contribution in [0, 0.1) is 5.92 Å². The molecule has 0 radical (unpaired) electrons. The Morgan fingerprint density at radius 1 is 1.23 bits per heavy atom. The molecule has 0 bridgehead atoms. The molecule has 1 aromatic carbocycles. The van der Waals surface area contributed by atoms with Gasteiger partial charge in [0.2, 0.25) is 5.91 Å². The SMILES string of the molecule is CC(C)(C)OC(=O)N1CCCC(C(=O)Nc2cccc3cccnc23)C1. The fraction of sp³-hybridized carbons (Fsp3) is 0.450. The number of anilines is 1. The zero-order valence-corrected chi connectivity index (χ0v) is 15.5. The van der Waals surface area contributed by atoms with Crippen molar-refractivity contribution in [2.45, 2.75) is 39.2 Å². The van der Waals surface area contributed by atoms with Crippen LogP contribution in [0.3, 0.4) is 0 Å². The number of para-hydroxylation sites is 1. The van der Waals surface area contributed by atoms with Crippen molar-refractivity contribution < 1.29 is 14.3 Å². The Kier molecular flexibility index (Phi) is 5.11. The number of carbonyl (C=O) groups excluding carboxylic acids is 2. The van der Waals surface area contributed by atoms with Crippen molar-refractivity contribution in [1.82, 2.24) is 9.88 Å². The number of benzene rings is 1. The molecule has 2 aromatic rings. The molecule has 1 saturated heterocycles. The maximum atomic E-state index is 12.7. The molecule has 138 valence electrons. The van der Waals surface area contributed by atoms with Gasteiger partial charge in [-0.05, 0) is 45.7 Å². The Balaban J connectivity index is 1.68. The van der Waals surface area contributed by atoms with Crippen molar-refractivity contribution in [2.24, 2.45) is 5.92 Å². The Morgan fingerprint density at radius 3 is 2.77 bits per heavy atom. The van der Waals surface area contributed by atoms with Crippen molar-refractivity contribution in [3.63, 3.8) is 0 Å². The average Bonchev–Trinajstić information content (AvgIpc) is 2.61. The minimum absolute atomic E-state index is 0.0867. The van der Waals surface area contributed by atoms with Crippen LogP contribution in [-0.4, -0.2) is 40.6 Å². The van der Waals surface area contributed by atoms with E-state index in [4.69, 9.17) is 4.74 Å². The number of aromatic nitrogens is 1. The molecule has 3 rings (SSSR count). The minimum Gasteiger partial charge on any atom is -0.444 e. The smallest absolute Gasteiger partial charge is 0.410 e. The van der Waals surface area contributed by atoms with Gasteiger partial charge in [0.05, 0.1) is 17.1 Å². The predicted octanol–water partition coefficient (Wildman–Crippen LogP) is 3.82. The molecule has 6 heteroatoms. The van der Waals surface area contributed by atoms with Gasteiger partial charge in [-0.1, -0.05) is 18.2 Å². The topological polar surface area (TPSA) is 71.5 Å². The van der Waals surface area contributed by atoms with E-state index in [9.17, 15) is 9.59 Å². The van der Waals surface area contributed by atoms with Gasteiger partial charge in [-0.15, -0.1) is 0 Å². The first-order valence-corrected chi connectivity index (χ1v) is 8.96. The second-order valence-electron chi connectivity index (χ2n) is 7.64. The number of hydrogen-bond donors (Lipinski definition) is 1. The van der Waals surface area contributed by atoms with Crippen molar-refractivity contribution >= 4 is 28.6 Å². The Labute approximate surface area is 153 Å². The van der Waals surface area contributed by atoms with E-state index in [1.807, 2.05) is 51.1 Å². The molecule has 1 aromatic heterocycles. The summed E-state index contributed by atoms with van der Waals surface area (Å²) in [5, 5.41) is 3.96. The highest BCUT2D eigenvalue weighted by atomic mass is 16.6. The highest BCUT2D eigenvalue weighted by Gasteiger charge is 2.31. The Morgan fingerprint density at radius 2 is 2.00 bits per heavy atom. The van der Waals surface area contributed by atoms with Crippen LogP contribution >= 0.6 is 0 Å². The lowest BCUT2D eigenvalue weighted by molar-refractivity contribution is -0.121. The van der Waals surface area contributed by atoms with Gasteiger partial charge in [-0.25, -0.2) is 4.79 Å². The van der Waals surface area contributed by atoms with E-state index in [-0.39, 0.29) is 17.9 Å². The fourth-order valence-electron chi connectivity index (χ4n) is 3.12. The van der Waals surface area contributed by atoms with E-state index in [2.05, 4.69) is 10.3 Å². The van der Waals surface area contributed by atoms with Gasteiger partial charge in [0, 0.05) is 24.7 Å². The molecular weight excluding hydrogens is 330 g/mol. The summed E-state index contributed by atoms with van der Waals surface area (Å²) in [5.41, 5.74) is 0.923. The van der Waals surface area contributed by atoms with Crippen LogP contribution in [0.1, 0.15) is 33.6 Å². The van der Waals surface area contributed by atoms with E-state index < -0.39 is 5.60 Å². The lowest BCUT2D eigenvalue weighted by Crippen LogP contribution is -2.45. The lowest BCUT2D eigenvalue weighted by atomic mass is 9.97. The summed E-state index contributed by atoms with van der Waals surface area (Å²) >= 11 is 0. The van der Waals surface area contributed by atoms with Crippen LogP contribution < -0.4 is 5.32 Å². The van der Waals surface area contributed by atoms with Crippen molar-refractivity contribution in [3.05, 3.63) is 36.5 Å². The molecule has 2 heterocycles. The van der Waals surface area contributed by atoms with Gasteiger partial charge in [0.25, 0.3) is 0 Å². The molecule has 2 amide bonds. The van der Waals surface area contributed by atoms with Crippen LogP contribution in [0.15, 0.2) is 36.5 Å². The number of pyridine rings is 1. The fourth-order valence-corrected chi connectivity index (χ4v) is 3.12. The molecule has 1 unspecified atom stereocenters. The maximum Gasteiger partial charge on any atom is 0.410 e. The van der Waals surface area contributed by atoms with E-state index in [0.717, 1.165) is 23.7 Å². The van der Waals surface area contributed by atoms with Gasteiger partial charge in [-0.3, -0.25) is 9.78 Å². The number of piperidine rings is 1. The van der Waals surface area contributed by atoms with Gasteiger partial charge < -0.3 is 15.0 Å². The Hall–Kier alpha value is -2.63. The highest BCUT2D eigenvalue weighted by Crippen LogP contribution is 2.24. The molecule has 1 atom stereocenters. The molecule has 0 aliphatic carbocycles. The number of hydrogen-bond acceptors (Lipinski definition) is 4. The van der Waals surface area contributed by atoms with E-state index in [0.29, 0.717) is 18.8 Å². The van der Waals surface area contributed by atoms with Crippen molar-refractivity contribution in [2.75, 3.05) is 18.4 Å². The molecular formula is C20H25N3O3. The molecule has 1 aliphatic rings. The molecule has 26 heavy (non-hydrogen) atoms. The third-order valence-electron chi connectivity index (χ3n) is 4.33. The monoisotopic (exact) mass is 355 g/mol. The summed E-state index contributed by atoms with van der Waals surface area (Å²) in [7, 11) is 0. The average molecular weight is 355 g/mol. The van der Waals surface area contributed by atoms with E-state index in [1.54, 1.807) is 11.1 Å². The molecule has 0 spiro atoms. The standard InChI is InChI=1S/C20H25N3O3/c1-20(2,3)26-19(25)23-12-6-9-15(13-23)18(24)22-16-10-4-7-14-8-5-11-21-17(14)16/h4-5,7-8,10-11,15H,6,9,12-13H2,1-3H3,(H,22,24). The summed E-state index contributed by atoms with van der Waals surface area (Å²) < 4.78 is 5.43. The second kappa shape index (κ2) is 7.32. The number of fused-ring (bicyclic) bond motifs is 1. The number of ether oxygens (including phenoxy) is 1. The second-order valence-corrected chi connectivity index (χ2v) is 7.64. The van der Waals surface area contributed by atoms with Crippen molar-refractivity contribution in [1.29, 1.82) is 0 Å². The summed E-state index contributed by atoms with van der Waals surface area (Å²) in [5.74, 6) is -0.341. The van der Waals surface area contributed by atoms with Crippen molar-refractivity contribution in [3.8, 4) is 0 Å². The molecule has 1 aliphatic heterocycles. The molecule has 1 N–H and O–H groups in total. The van der Waals surface area contributed by atoms with Crippen LogP contribution in [0.5, 0.6) is 0 Å². The van der Waals surface area contributed by atoms with Gasteiger partial charge in [0.1, 0.15) is 5.60 Å². The summed E-state index contributed by atoms with van der Waals surface area (Å²) in [6, 6.07) is 9.54. The van der Waals surface area contributed by atoms with E-state index in [1.165, 1.54) is 0 Å². The van der Waals surface area contributed by atoms with Crippen LogP contribution in [-0.2, 0) is 9.53 Å². The minimum atomic E-state index is -0.541. The van der Waals surface area contributed by atoms with E-state index >= 15 is 0 Å². The normalized spacial score (nSPS) is 17.8. The third kappa shape index (κ3) is 4.31.